The number of hydrogen-bond donors (Lipinski definition) is 0. The van der Waals surface area contributed by atoms with E-state index in [0.717, 1.165) is 70.4 Å². The highest BCUT2D eigenvalue weighted by atomic mass is 19.1. The second kappa shape index (κ2) is 18.7. The molecule has 7 heteroatoms. The Morgan fingerprint density at radius 3 is 2.01 bits per heavy atom. The van der Waals surface area contributed by atoms with Gasteiger partial charge in [-0.05, 0) is 120 Å². The zero-order valence-corrected chi connectivity index (χ0v) is 43.1. The molecular formula is C62H71FN6+2. The van der Waals surface area contributed by atoms with Crippen molar-refractivity contribution in [3.8, 4) is 45.5 Å². The van der Waals surface area contributed by atoms with Crippen LogP contribution >= 0.6 is 0 Å². The maximum absolute atomic E-state index is 16.0. The molecule has 0 bridgehead atoms. The molecule has 7 aromatic rings. The molecule has 0 aliphatic heterocycles. The van der Waals surface area contributed by atoms with Crippen LogP contribution in [0.3, 0.4) is 0 Å². The number of benzene rings is 4. The number of allylic oxidation sites excluding steroid dienone is 4. The van der Waals surface area contributed by atoms with Crippen molar-refractivity contribution in [3.05, 3.63) is 178 Å². The van der Waals surface area contributed by atoms with Crippen LogP contribution in [0.4, 0.5) is 4.39 Å². The standard InChI is InChI=1S/C62H71FN6/c1-15-54-55(16-2)66(14)60(64-54)44-34-51(38(5)6)58(52(35-44)39(7)8)68-30-28-67(62(68)50-24-20-19-22-47(50)37(3)4)36-45-32-46(63)25-26-49(45)61-65(13)27-29-69(61)59-53(40(9)10)33-43-31-42-21-17-18-23-48(42)57(43)56(59)41(11)12/h15-16,18-20,22-30,32-35,37-41H,1-2,17,21,31,36H2,3-14H3/q+2. The van der Waals surface area contributed by atoms with Crippen LogP contribution in [0.1, 0.15) is 168 Å². The summed E-state index contributed by atoms with van der Waals surface area (Å²) in [7, 11) is 4.18. The maximum atomic E-state index is 16.0. The Balaban J connectivity index is 1.27. The van der Waals surface area contributed by atoms with Crippen molar-refractivity contribution in [1.82, 2.24) is 18.7 Å². The Kier molecular flexibility index (Phi) is 12.9. The van der Waals surface area contributed by atoms with Gasteiger partial charge in [0.2, 0.25) is 0 Å². The minimum absolute atomic E-state index is 0.185. The third-order valence-corrected chi connectivity index (χ3v) is 14.7. The van der Waals surface area contributed by atoms with Gasteiger partial charge in [0.1, 0.15) is 54.3 Å². The van der Waals surface area contributed by atoms with E-state index in [0.29, 0.717) is 12.5 Å². The first-order valence-electron chi connectivity index (χ1n) is 25.2. The fraction of sp³-hybridized carbons (Fsp3) is 0.339. The second-order valence-corrected chi connectivity index (χ2v) is 21.0. The molecule has 6 nitrogen and oxygen atoms in total. The third-order valence-electron chi connectivity index (χ3n) is 14.7. The van der Waals surface area contributed by atoms with E-state index in [1.807, 2.05) is 12.1 Å². The summed E-state index contributed by atoms with van der Waals surface area (Å²) in [5.74, 6) is 3.91. The van der Waals surface area contributed by atoms with E-state index in [-0.39, 0.29) is 29.5 Å². The van der Waals surface area contributed by atoms with Crippen molar-refractivity contribution >= 4 is 17.7 Å². The number of rotatable bonds is 14. The van der Waals surface area contributed by atoms with Crippen LogP contribution in [0.2, 0.25) is 0 Å². The van der Waals surface area contributed by atoms with Crippen LogP contribution in [-0.2, 0) is 27.1 Å². The number of aromatic nitrogens is 6. The molecule has 354 valence electrons. The number of fused-ring (bicyclic) bond motifs is 2. The summed E-state index contributed by atoms with van der Waals surface area (Å²) >= 11 is 0. The average Bonchev–Trinajstić information content (AvgIpc) is 4.10. The van der Waals surface area contributed by atoms with E-state index in [9.17, 15) is 0 Å². The lowest BCUT2D eigenvalue weighted by Crippen LogP contribution is -2.37. The predicted molar refractivity (Wildman–Crippen MR) is 285 cm³/mol. The maximum Gasteiger partial charge on any atom is 0.294 e. The van der Waals surface area contributed by atoms with Gasteiger partial charge in [0.15, 0.2) is 0 Å². The molecule has 4 aromatic carbocycles. The van der Waals surface area contributed by atoms with Gasteiger partial charge < -0.3 is 4.57 Å². The molecule has 0 N–H and O–H groups in total. The van der Waals surface area contributed by atoms with Crippen molar-refractivity contribution in [2.24, 2.45) is 14.1 Å². The van der Waals surface area contributed by atoms with Crippen LogP contribution in [0.15, 0.2) is 116 Å². The zero-order chi connectivity index (χ0) is 49.2. The molecule has 3 aromatic heterocycles. The van der Waals surface area contributed by atoms with Gasteiger partial charge in [0.05, 0.1) is 29.6 Å². The number of imidazole rings is 3. The highest BCUT2D eigenvalue weighted by Gasteiger charge is 2.36. The normalized spacial score (nSPS) is 13.5. The Bertz CT molecular complexity index is 3200. The van der Waals surface area contributed by atoms with Gasteiger partial charge >= 0.3 is 0 Å². The van der Waals surface area contributed by atoms with E-state index in [1.54, 1.807) is 23.8 Å². The van der Waals surface area contributed by atoms with Gasteiger partial charge in [-0.3, -0.25) is 0 Å². The van der Waals surface area contributed by atoms with Crippen molar-refractivity contribution in [1.29, 1.82) is 0 Å². The Morgan fingerprint density at radius 1 is 0.725 bits per heavy atom. The van der Waals surface area contributed by atoms with E-state index in [1.165, 1.54) is 55.9 Å². The SMILES string of the molecule is C=Cc1nc(-c2cc(C(C)C)c(-n3cc[n+](Cc4cc(F)ccc4-c4n(-c5c(C(C)C)cc6c(c5C(C)C)C5=C(CCC=C5)C6)cc[n+]4C)c3-c3ccccc3C(C)C)c(C(C)C)c2)n(C)c1C=C. The summed E-state index contributed by atoms with van der Waals surface area (Å²) in [6, 6.07) is 21.3. The van der Waals surface area contributed by atoms with Gasteiger partial charge in [0, 0.05) is 40.4 Å². The summed E-state index contributed by atoms with van der Waals surface area (Å²) in [5.41, 5.74) is 20.6. The summed E-state index contributed by atoms with van der Waals surface area (Å²) < 4.78 is 27.5. The Morgan fingerprint density at radius 2 is 1.38 bits per heavy atom. The molecular weight excluding hydrogens is 848 g/mol. The predicted octanol–water partition coefficient (Wildman–Crippen LogP) is 14.9. The zero-order valence-electron chi connectivity index (χ0n) is 43.1. The summed E-state index contributed by atoms with van der Waals surface area (Å²) in [5, 5.41) is 0. The molecule has 69 heavy (non-hydrogen) atoms. The van der Waals surface area contributed by atoms with E-state index < -0.39 is 0 Å². The Hall–Kier alpha value is -6.60. The molecule has 2 aliphatic rings. The lowest BCUT2D eigenvalue weighted by molar-refractivity contribution is -0.676. The minimum Gasteiger partial charge on any atom is -0.327 e. The van der Waals surface area contributed by atoms with Crippen LogP contribution in [-0.4, -0.2) is 18.7 Å². The lowest BCUT2D eigenvalue weighted by Gasteiger charge is -2.23. The van der Waals surface area contributed by atoms with Crippen molar-refractivity contribution in [2.45, 2.75) is 125 Å². The van der Waals surface area contributed by atoms with Crippen molar-refractivity contribution in [2.75, 3.05) is 0 Å². The first-order valence-corrected chi connectivity index (χ1v) is 25.2. The molecule has 0 atom stereocenters. The fourth-order valence-electron chi connectivity index (χ4n) is 11.3. The monoisotopic (exact) mass is 919 g/mol. The van der Waals surface area contributed by atoms with Gasteiger partial charge in [-0.1, -0.05) is 124 Å². The molecule has 0 radical (unpaired) electrons. The summed E-state index contributed by atoms with van der Waals surface area (Å²) in [6.07, 6.45) is 20.5. The van der Waals surface area contributed by atoms with Crippen LogP contribution in [0, 0.1) is 5.82 Å². The van der Waals surface area contributed by atoms with Crippen LogP contribution < -0.4 is 9.13 Å². The molecule has 3 heterocycles. The molecule has 0 unspecified atom stereocenters. The Labute approximate surface area is 410 Å². The van der Waals surface area contributed by atoms with Gasteiger partial charge in [0.25, 0.3) is 11.6 Å². The lowest BCUT2D eigenvalue weighted by atomic mass is 9.84. The van der Waals surface area contributed by atoms with Gasteiger partial charge in [-0.2, -0.15) is 9.13 Å². The summed E-state index contributed by atoms with van der Waals surface area (Å²) in [4.78, 5) is 5.07. The van der Waals surface area contributed by atoms with Crippen molar-refractivity contribution < 1.29 is 13.5 Å². The van der Waals surface area contributed by atoms with Gasteiger partial charge in [-0.15, -0.1) is 0 Å². The van der Waals surface area contributed by atoms with Crippen LogP contribution in [0.5, 0.6) is 0 Å². The number of aryl methyl sites for hydroxylation is 1. The minimum atomic E-state index is -0.251. The van der Waals surface area contributed by atoms with Crippen molar-refractivity contribution in [3.63, 3.8) is 0 Å². The average molecular weight is 919 g/mol. The molecule has 0 spiro atoms. The second-order valence-electron chi connectivity index (χ2n) is 21.0. The highest BCUT2D eigenvalue weighted by molar-refractivity contribution is 5.88. The molecule has 0 saturated carbocycles. The summed E-state index contributed by atoms with van der Waals surface area (Å²) in [6.45, 7) is 31.6. The quantitative estimate of drug-likeness (QED) is 0.100. The molecule has 0 saturated heterocycles. The largest absolute Gasteiger partial charge is 0.327 e. The highest BCUT2D eigenvalue weighted by Crippen LogP contribution is 2.48. The van der Waals surface area contributed by atoms with Crippen LogP contribution in [0.25, 0.3) is 63.3 Å². The first kappa shape index (κ1) is 47.5. The smallest absolute Gasteiger partial charge is 0.294 e. The van der Waals surface area contributed by atoms with Gasteiger partial charge in [-0.25, -0.2) is 18.5 Å². The molecule has 0 fully saturated rings. The first-order chi connectivity index (χ1) is 33.0. The number of hydrogen-bond acceptors (Lipinski definition) is 1. The third kappa shape index (κ3) is 8.21. The van der Waals surface area contributed by atoms with E-state index >= 15 is 4.39 Å². The number of halogens is 1. The molecule has 0 amide bonds. The molecule has 2 aliphatic carbocycles. The van der Waals surface area contributed by atoms with E-state index in [4.69, 9.17) is 4.98 Å². The fourth-order valence-corrected chi connectivity index (χ4v) is 11.3. The van der Waals surface area contributed by atoms with E-state index in [2.05, 4.69) is 199 Å². The number of nitrogens with zero attached hydrogens (tertiary/aromatic N) is 6. The molecule has 9 rings (SSSR count). The topological polar surface area (TPSA) is 35.4 Å².